The number of nitrogens with two attached hydrogens (primary N) is 1. The highest BCUT2D eigenvalue weighted by Gasteiger charge is 2.39. The quantitative estimate of drug-likeness (QED) is 0.392. The molecule has 1 saturated heterocycles. The largest absolute Gasteiger partial charge is 0.508 e. The highest BCUT2D eigenvalue weighted by molar-refractivity contribution is 5.85. The van der Waals surface area contributed by atoms with E-state index in [0.717, 1.165) is 30.6 Å². The number of rotatable bonds is 11. The molecule has 2 aromatic carbocycles. The topological polar surface area (TPSA) is 116 Å². The lowest BCUT2D eigenvalue weighted by atomic mass is 9.68. The van der Waals surface area contributed by atoms with Gasteiger partial charge in [0.2, 0.25) is 5.91 Å². The molecule has 4 atom stereocenters. The number of benzene rings is 2. The van der Waals surface area contributed by atoms with Crippen molar-refractivity contribution in [3.8, 4) is 5.75 Å². The molecule has 0 unspecified atom stereocenters. The second-order valence-corrected chi connectivity index (χ2v) is 10.1. The molecule has 1 amide bonds. The van der Waals surface area contributed by atoms with Crippen molar-refractivity contribution in [1.82, 2.24) is 10.2 Å². The number of piperidine rings is 1. The van der Waals surface area contributed by atoms with Crippen LogP contribution < -0.4 is 11.1 Å². The molecule has 2 aromatic rings. The molecular formula is C28H39N3O4. The third kappa shape index (κ3) is 7.05. The molecule has 190 valence electrons. The molecule has 0 bridgehead atoms. The summed E-state index contributed by atoms with van der Waals surface area (Å²) in [4.78, 5) is 27.3. The number of phenolic OH excluding ortho intramolecular Hbond substituents is 1. The van der Waals surface area contributed by atoms with Crippen LogP contribution in [0.2, 0.25) is 0 Å². The molecular weight excluding hydrogens is 442 g/mol. The summed E-state index contributed by atoms with van der Waals surface area (Å²) >= 11 is 0. The molecule has 0 radical (unpaired) electrons. The fraction of sp³-hybridized carbons (Fsp3) is 0.500. The Kier molecular flexibility index (Phi) is 9.29. The number of aromatic hydroxyl groups is 1. The number of phenols is 1. The van der Waals surface area contributed by atoms with Gasteiger partial charge in [-0.1, -0.05) is 56.3 Å². The summed E-state index contributed by atoms with van der Waals surface area (Å²) in [5.41, 5.74) is 7.67. The predicted octanol–water partition coefficient (Wildman–Crippen LogP) is 3.16. The molecule has 0 aliphatic carbocycles. The summed E-state index contributed by atoms with van der Waals surface area (Å²) in [6.45, 7) is 7.05. The van der Waals surface area contributed by atoms with Crippen LogP contribution in [0.5, 0.6) is 5.75 Å². The highest BCUT2D eigenvalue weighted by atomic mass is 16.4. The number of hydrogen-bond donors (Lipinski definition) is 4. The summed E-state index contributed by atoms with van der Waals surface area (Å²) in [7, 11) is 0. The lowest BCUT2D eigenvalue weighted by Crippen LogP contribution is -2.51. The van der Waals surface area contributed by atoms with Crippen LogP contribution in [0, 0.1) is 11.8 Å². The second kappa shape index (κ2) is 12.2. The zero-order valence-electron chi connectivity index (χ0n) is 20.8. The lowest BCUT2D eigenvalue weighted by molar-refractivity contribution is -0.142. The van der Waals surface area contributed by atoms with Gasteiger partial charge >= 0.3 is 5.97 Å². The third-order valence-corrected chi connectivity index (χ3v) is 7.56. The SMILES string of the molecule is C[C@H]1CN(C[C@H](Cc2ccccc2)C(=O)N[C@@H](CCCN)C(=O)O)CC[C@@]1(C)c1cccc(O)c1. The second-order valence-electron chi connectivity index (χ2n) is 10.1. The van der Waals surface area contributed by atoms with Crippen molar-refractivity contribution in [3.05, 3.63) is 65.7 Å². The first-order valence-electron chi connectivity index (χ1n) is 12.5. The number of nitrogens with zero attached hydrogens (tertiary/aromatic N) is 1. The molecule has 1 heterocycles. The van der Waals surface area contributed by atoms with Crippen molar-refractivity contribution in [2.45, 2.75) is 51.0 Å². The maximum Gasteiger partial charge on any atom is 0.326 e. The zero-order valence-corrected chi connectivity index (χ0v) is 20.8. The number of likely N-dealkylation sites (tertiary alicyclic amines) is 1. The summed E-state index contributed by atoms with van der Waals surface area (Å²) in [5, 5.41) is 22.3. The van der Waals surface area contributed by atoms with E-state index < -0.39 is 12.0 Å². The van der Waals surface area contributed by atoms with Crippen LogP contribution in [0.15, 0.2) is 54.6 Å². The maximum absolute atomic E-state index is 13.3. The Morgan fingerprint density at radius 2 is 1.94 bits per heavy atom. The normalized spacial score (nSPS) is 22.3. The number of amides is 1. The van der Waals surface area contributed by atoms with Crippen LogP contribution in [-0.2, 0) is 21.4 Å². The van der Waals surface area contributed by atoms with Gasteiger partial charge in [-0.15, -0.1) is 0 Å². The van der Waals surface area contributed by atoms with Crippen molar-refractivity contribution < 1.29 is 19.8 Å². The summed E-state index contributed by atoms with van der Waals surface area (Å²) in [6.07, 6.45) is 2.31. The molecule has 7 heteroatoms. The number of aliphatic carboxylic acids is 1. The van der Waals surface area contributed by atoms with Crippen molar-refractivity contribution in [1.29, 1.82) is 0 Å². The van der Waals surface area contributed by atoms with E-state index in [1.807, 2.05) is 42.5 Å². The number of hydrogen-bond acceptors (Lipinski definition) is 5. The summed E-state index contributed by atoms with van der Waals surface area (Å²) in [6, 6.07) is 16.4. The van der Waals surface area contributed by atoms with Gasteiger partial charge in [0.1, 0.15) is 11.8 Å². The van der Waals surface area contributed by atoms with E-state index in [1.54, 1.807) is 6.07 Å². The third-order valence-electron chi connectivity index (χ3n) is 7.56. The van der Waals surface area contributed by atoms with Crippen molar-refractivity contribution in [2.75, 3.05) is 26.2 Å². The van der Waals surface area contributed by atoms with Crippen molar-refractivity contribution in [3.63, 3.8) is 0 Å². The van der Waals surface area contributed by atoms with E-state index in [9.17, 15) is 19.8 Å². The zero-order chi connectivity index (χ0) is 25.4. The molecule has 7 nitrogen and oxygen atoms in total. The van der Waals surface area contributed by atoms with Crippen LogP contribution >= 0.6 is 0 Å². The Morgan fingerprint density at radius 1 is 1.20 bits per heavy atom. The van der Waals surface area contributed by atoms with Crippen LogP contribution in [0.25, 0.3) is 0 Å². The van der Waals surface area contributed by atoms with Crippen LogP contribution in [0.3, 0.4) is 0 Å². The monoisotopic (exact) mass is 481 g/mol. The van der Waals surface area contributed by atoms with E-state index in [0.29, 0.717) is 38.3 Å². The number of nitrogens with one attached hydrogen (secondary N) is 1. The van der Waals surface area contributed by atoms with Crippen LogP contribution in [0.4, 0.5) is 0 Å². The Bertz CT molecular complexity index is 983. The van der Waals surface area contributed by atoms with E-state index in [-0.39, 0.29) is 23.0 Å². The molecule has 5 N–H and O–H groups in total. The first-order chi connectivity index (χ1) is 16.7. The van der Waals surface area contributed by atoms with Gasteiger partial charge in [-0.05, 0) is 73.4 Å². The van der Waals surface area contributed by atoms with Gasteiger partial charge in [-0.3, -0.25) is 4.79 Å². The average molecular weight is 482 g/mol. The molecule has 0 saturated carbocycles. The molecule has 0 spiro atoms. The molecule has 35 heavy (non-hydrogen) atoms. The van der Waals surface area contributed by atoms with E-state index in [2.05, 4.69) is 30.1 Å². The standard InChI is InChI=1S/C28H39N3O4/c1-20-18-31(15-13-28(20,2)23-10-6-11-24(32)17-23)19-22(16-21-8-4-3-5-9-21)26(33)30-25(27(34)35)12-7-14-29/h3-6,8-11,17,20,22,25,32H,7,12-16,18-19,29H2,1-2H3,(H,30,33)(H,34,35)/t20-,22-,25-,28+/m0/s1. The van der Waals surface area contributed by atoms with Crippen LogP contribution in [-0.4, -0.2) is 59.2 Å². The summed E-state index contributed by atoms with van der Waals surface area (Å²) < 4.78 is 0. The van der Waals surface area contributed by atoms with Gasteiger partial charge < -0.3 is 26.2 Å². The number of carbonyl (C=O) groups is 2. The molecule has 1 aliphatic heterocycles. The molecule has 1 aliphatic rings. The average Bonchev–Trinajstić information content (AvgIpc) is 2.84. The predicted molar refractivity (Wildman–Crippen MR) is 137 cm³/mol. The van der Waals surface area contributed by atoms with Gasteiger partial charge in [0, 0.05) is 13.1 Å². The van der Waals surface area contributed by atoms with Gasteiger partial charge in [-0.2, -0.15) is 0 Å². The molecule has 1 fully saturated rings. The highest BCUT2D eigenvalue weighted by Crippen LogP contribution is 2.40. The Balaban J connectivity index is 1.72. The van der Waals surface area contributed by atoms with Gasteiger partial charge in [-0.25, -0.2) is 4.79 Å². The van der Waals surface area contributed by atoms with E-state index in [1.165, 1.54) is 0 Å². The fourth-order valence-electron chi connectivity index (χ4n) is 5.09. The van der Waals surface area contributed by atoms with E-state index >= 15 is 0 Å². The van der Waals surface area contributed by atoms with Crippen LogP contribution in [0.1, 0.15) is 44.2 Å². The summed E-state index contributed by atoms with van der Waals surface area (Å²) in [5.74, 6) is -1.03. The fourth-order valence-corrected chi connectivity index (χ4v) is 5.09. The minimum absolute atomic E-state index is 0.0664. The Morgan fingerprint density at radius 3 is 2.57 bits per heavy atom. The van der Waals surface area contributed by atoms with E-state index in [4.69, 9.17) is 5.73 Å². The number of carboxylic acid groups (broad SMARTS) is 1. The molecule has 3 rings (SSSR count). The minimum Gasteiger partial charge on any atom is -0.508 e. The number of carboxylic acids is 1. The molecule has 0 aromatic heterocycles. The maximum atomic E-state index is 13.3. The Hall–Kier alpha value is -2.90. The number of carbonyl (C=O) groups excluding carboxylic acids is 1. The van der Waals surface area contributed by atoms with Gasteiger partial charge in [0.05, 0.1) is 5.92 Å². The first-order valence-corrected chi connectivity index (χ1v) is 12.5. The Labute approximate surface area is 208 Å². The van der Waals surface area contributed by atoms with Gasteiger partial charge in [0.25, 0.3) is 0 Å². The lowest BCUT2D eigenvalue weighted by Gasteiger charge is -2.45. The smallest absolute Gasteiger partial charge is 0.326 e. The minimum atomic E-state index is -1.03. The van der Waals surface area contributed by atoms with Crippen molar-refractivity contribution >= 4 is 11.9 Å². The van der Waals surface area contributed by atoms with Gasteiger partial charge in [0.15, 0.2) is 0 Å². The van der Waals surface area contributed by atoms with Crippen molar-refractivity contribution in [2.24, 2.45) is 17.6 Å². The first kappa shape index (κ1) is 26.7.